The van der Waals surface area contributed by atoms with Crippen LogP contribution in [0.2, 0.25) is 0 Å². The lowest BCUT2D eigenvalue weighted by Gasteiger charge is -2.26. The number of fused-ring (bicyclic) bond motifs is 13. The maximum atomic E-state index is 6.94. The second-order valence-electron chi connectivity index (χ2n) is 13.3. The van der Waals surface area contributed by atoms with E-state index < -0.39 is 0 Å². The van der Waals surface area contributed by atoms with E-state index in [1.54, 1.807) is 0 Å². The predicted molar refractivity (Wildman–Crippen MR) is 215 cm³/mol. The van der Waals surface area contributed by atoms with E-state index >= 15 is 0 Å². The van der Waals surface area contributed by atoms with Crippen molar-refractivity contribution in [1.29, 1.82) is 0 Å². The summed E-state index contributed by atoms with van der Waals surface area (Å²) in [5.41, 5.74) is 8.28. The van der Waals surface area contributed by atoms with E-state index in [4.69, 9.17) is 4.42 Å². The molecular formula is C48H30N2O. The van der Waals surface area contributed by atoms with Crippen molar-refractivity contribution in [3.8, 4) is 5.69 Å². The molecule has 0 radical (unpaired) electrons. The fourth-order valence-electron chi connectivity index (χ4n) is 8.39. The third-order valence-corrected chi connectivity index (χ3v) is 10.5. The molecule has 3 nitrogen and oxygen atoms in total. The molecule has 2 heterocycles. The van der Waals surface area contributed by atoms with E-state index in [1.807, 2.05) is 0 Å². The van der Waals surface area contributed by atoms with Gasteiger partial charge in [0.15, 0.2) is 5.58 Å². The highest BCUT2D eigenvalue weighted by Gasteiger charge is 2.26. The van der Waals surface area contributed by atoms with Crippen LogP contribution < -0.4 is 4.90 Å². The Morgan fingerprint density at radius 2 is 0.922 bits per heavy atom. The van der Waals surface area contributed by atoms with Gasteiger partial charge in [-0.25, -0.2) is 0 Å². The first-order valence-corrected chi connectivity index (χ1v) is 17.4. The first kappa shape index (κ1) is 28.0. The Hall–Kier alpha value is -6.84. The van der Waals surface area contributed by atoms with Crippen molar-refractivity contribution in [2.24, 2.45) is 0 Å². The van der Waals surface area contributed by atoms with Crippen molar-refractivity contribution in [1.82, 2.24) is 4.57 Å². The summed E-state index contributed by atoms with van der Waals surface area (Å²) in [4.78, 5) is 2.38. The van der Waals surface area contributed by atoms with E-state index in [-0.39, 0.29) is 0 Å². The van der Waals surface area contributed by atoms with Crippen LogP contribution in [0.1, 0.15) is 0 Å². The number of nitrogens with zero attached hydrogens (tertiary/aromatic N) is 2. The molecule has 9 aromatic carbocycles. The summed E-state index contributed by atoms with van der Waals surface area (Å²) in [6.45, 7) is 0. The van der Waals surface area contributed by atoms with E-state index in [9.17, 15) is 0 Å². The zero-order valence-corrected chi connectivity index (χ0v) is 27.6. The molecule has 0 atom stereocenters. The van der Waals surface area contributed by atoms with E-state index in [1.165, 1.54) is 43.1 Å². The zero-order chi connectivity index (χ0) is 33.5. The van der Waals surface area contributed by atoms with Gasteiger partial charge in [-0.2, -0.15) is 0 Å². The quantitative estimate of drug-likeness (QED) is 0.177. The first-order valence-electron chi connectivity index (χ1n) is 17.4. The number of hydrogen-bond donors (Lipinski definition) is 0. The predicted octanol–water partition coefficient (Wildman–Crippen LogP) is 13.6. The maximum Gasteiger partial charge on any atom is 0.160 e. The topological polar surface area (TPSA) is 21.3 Å². The van der Waals surface area contributed by atoms with Crippen molar-refractivity contribution < 1.29 is 4.42 Å². The largest absolute Gasteiger partial charge is 0.454 e. The Kier molecular flexibility index (Phi) is 5.96. The molecule has 0 aliphatic heterocycles. The van der Waals surface area contributed by atoms with Crippen molar-refractivity contribution in [3.05, 3.63) is 182 Å². The van der Waals surface area contributed by atoms with Crippen LogP contribution in [0.5, 0.6) is 0 Å². The lowest BCUT2D eigenvalue weighted by molar-refractivity contribution is 0.669. The molecule has 11 rings (SSSR count). The summed E-state index contributed by atoms with van der Waals surface area (Å²) in [5.74, 6) is 0. The molecule has 0 aliphatic carbocycles. The molecule has 0 saturated carbocycles. The van der Waals surface area contributed by atoms with Crippen LogP contribution in [-0.2, 0) is 0 Å². The molecule has 0 aliphatic rings. The highest BCUT2D eigenvalue weighted by molar-refractivity contribution is 6.30. The molecule has 238 valence electrons. The Balaban J connectivity index is 1.31. The van der Waals surface area contributed by atoms with Crippen molar-refractivity contribution >= 4 is 93.1 Å². The minimum absolute atomic E-state index is 0.868. The van der Waals surface area contributed by atoms with Crippen LogP contribution >= 0.6 is 0 Å². The molecule has 0 amide bonds. The van der Waals surface area contributed by atoms with Gasteiger partial charge in [0.2, 0.25) is 0 Å². The van der Waals surface area contributed by atoms with Crippen LogP contribution in [0.3, 0.4) is 0 Å². The standard InChI is InChI=1S/C48H30N2O/c1-3-15-31(16-4-1)49(33-27-28-38-36-21-8-7-19-34(36)35-20-9-10-22-37(35)41(38)29-33)44-30-43-46(47-40-24-12-14-26-45(40)51-48(44)47)39-23-11-13-25-42(39)50(43)32-17-5-2-6-18-32/h1-30H. The molecule has 2 aromatic heterocycles. The average molecular weight is 651 g/mol. The van der Waals surface area contributed by atoms with Gasteiger partial charge >= 0.3 is 0 Å². The third kappa shape index (κ3) is 4.06. The highest BCUT2D eigenvalue weighted by atomic mass is 16.3. The molecule has 11 aromatic rings. The molecule has 3 heteroatoms. The van der Waals surface area contributed by atoms with Crippen LogP contribution in [0.15, 0.2) is 186 Å². The average Bonchev–Trinajstić information content (AvgIpc) is 3.75. The number of furan rings is 1. The Bertz CT molecular complexity index is 3100. The van der Waals surface area contributed by atoms with Crippen molar-refractivity contribution in [2.45, 2.75) is 0 Å². The molecule has 0 unspecified atom stereocenters. The van der Waals surface area contributed by atoms with Gasteiger partial charge in [-0.3, -0.25) is 0 Å². The number of hydrogen-bond acceptors (Lipinski definition) is 2. The second-order valence-corrected chi connectivity index (χ2v) is 13.3. The van der Waals surface area contributed by atoms with Gasteiger partial charge in [-0.15, -0.1) is 0 Å². The molecule has 0 N–H and O–H groups in total. The molecule has 0 fully saturated rings. The second kappa shape index (κ2) is 10.8. The lowest BCUT2D eigenvalue weighted by atomic mass is 9.94. The van der Waals surface area contributed by atoms with Crippen LogP contribution in [0, 0.1) is 0 Å². The van der Waals surface area contributed by atoms with Gasteiger partial charge in [0.25, 0.3) is 0 Å². The zero-order valence-electron chi connectivity index (χ0n) is 27.6. The summed E-state index contributed by atoms with van der Waals surface area (Å²) >= 11 is 0. The summed E-state index contributed by atoms with van der Waals surface area (Å²) < 4.78 is 9.35. The van der Waals surface area contributed by atoms with E-state index in [0.717, 1.165) is 55.7 Å². The fraction of sp³-hybridized carbons (Fsp3) is 0. The number of rotatable bonds is 4. The number of benzene rings is 9. The molecule has 0 saturated heterocycles. The summed E-state index contributed by atoms with van der Waals surface area (Å²) in [6.07, 6.45) is 0. The van der Waals surface area contributed by atoms with Crippen molar-refractivity contribution in [3.63, 3.8) is 0 Å². The highest BCUT2D eigenvalue weighted by Crippen LogP contribution is 2.49. The fourth-order valence-corrected chi connectivity index (χ4v) is 8.39. The minimum Gasteiger partial charge on any atom is -0.454 e. The maximum absolute atomic E-state index is 6.94. The van der Waals surface area contributed by atoms with E-state index in [2.05, 4.69) is 191 Å². The SMILES string of the molecule is c1ccc(N(c2ccc3c4ccccc4c4ccccc4c3c2)c2cc3c(c4ccccc4n3-c3ccccc3)c3c2oc2ccccc23)cc1. The summed E-state index contributed by atoms with van der Waals surface area (Å²) in [6, 6.07) is 65.3. The lowest BCUT2D eigenvalue weighted by Crippen LogP contribution is -2.10. The molecular weight excluding hydrogens is 621 g/mol. The summed E-state index contributed by atoms with van der Waals surface area (Å²) in [5, 5.41) is 12.2. The van der Waals surface area contributed by atoms with Gasteiger partial charge in [0.05, 0.1) is 16.7 Å². The van der Waals surface area contributed by atoms with E-state index in [0.29, 0.717) is 0 Å². The van der Waals surface area contributed by atoms with Crippen LogP contribution in [0.4, 0.5) is 17.1 Å². The summed E-state index contributed by atoms with van der Waals surface area (Å²) in [7, 11) is 0. The van der Waals surface area contributed by atoms with Gasteiger partial charge in [-0.05, 0) is 86.9 Å². The Morgan fingerprint density at radius 1 is 0.373 bits per heavy atom. The number of aromatic nitrogens is 1. The molecule has 0 spiro atoms. The Labute approximate surface area is 293 Å². The van der Waals surface area contributed by atoms with Gasteiger partial charge in [0, 0.05) is 38.6 Å². The number of anilines is 3. The smallest absolute Gasteiger partial charge is 0.160 e. The van der Waals surface area contributed by atoms with Crippen LogP contribution in [0.25, 0.3) is 81.7 Å². The molecule has 51 heavy (non-hydrogen) atoms. The molecule has 0 bridgehead atoms. The van der Waals surface area contributed by atoms with Gasteiger partial charge < -0.3 is 13.9 Å². The van der Waals surface area contributed by atoms with Crippen LogP contribution in [-0.4, -0.2) is 4.57 Å². The number of para-hydroxylation sites is 4. The third-order valence-electron chi connectivity index (χ3n) is 10.5. The van der Waals surface area contributed by atoms with Crippen molar-refractivity contribution in [2.75, 3.05) is 4.90 Å². The monoisotopic (exact) mass is 650 g/mol. The first-order chi connectivity index (χ1) is 25.3. The van der Waals surface area contributed by atoms with Gasteiger partial charge in [0.1, 0.15) is 5.58 Å². The normalized spacial score (nSPS) is 11.9. The minimum atomic E-state index is 0.868. The van der Waals surface area contributed by atoms with Gasteiger partial charge in [-0.1, -0.05) is 127 Å². The Morgan fingerprint density at radius 3 is 1.63 bits per heavy atom.